The molecule has 0 aromatic heterocycles. The van der Waals surface area contributed by atoms with E-state index in [4.69, 9.17) is 0 Å². The lowest BCUT2D eigenvalue weighted by molar-refractivity contribution is 0.457. The number of rotatable bonds is 2. The fraction of sp³-hybridized carbons (Fsp3) is 1.00. The van der Waals surface area contributed by atoms with Gasteiger partial charge < -0.3 is 5.32 Å². The van der Waals surface area contributed by atoms with Crippen molar-refractivity contribution in [1.82, 2.24) is 5.32 Å². The summed E-state index contributed by atoms with van der Waals surface area (Å²) in [5.41, 5.74) is 0.967. The van der Waals surface area contributed by atoms with Crippen LogP contribution < -0.4 is 5.32 Å². The predicted octanol–water partition coefficient (Wildman–Crippen LogP) is 2.42. The zero-order chi connectivity index (χ0) is 8.86. The summed E-state index contributed by atoms with van der Waals surface area (Å²) >= 11 is 0. The Morgan fingerprint density at radius 3 is 1.45 bits per heavy atom. The molecule has 0 atom stereocenters. The minimum absolute atomic E-state index is 0.483. The first kappa shape index (κ1) is 9.05. The van der Waals surface area contributed by atoms with Crippen molar-refractivity contribution in [2.24, 2.45) is 10.8 Å². The van der Waals surface area contributed by atoms with Gasteiger partial charge in [0.05, 0.1) is 0 Å². The molecular formula is C10H21N. The van der Waals surface area contributed by atoms with Gasteiger partial charge in [0.1, 0.15) is 0 Å². The summed E-state index contributed by atoms with van der Waals surface area (Å²) in [6.45, 7) is 13.8. The zero-order valence-corrected chi connectivity index (χ0v) is 8.65. The number of nitrogens with one attached hydrogen (secondary N) is 1. The maximum absolute atomic E-state index is 3.60. The Morgan fingerprint density at radius 1 is 1.00 bits per heavy atom. The van der Waals surface area contributed by atoms with Crippen molar-refractivity contribution < 1.29 is 0 Å². The van der Waals surface area contributed by atoms with E-state index in [0.29, 0.717) is 22.9 Å². The molecule has 1 fully saturated rings. The Hall–Kier alpha value is -0.0400. The molecule has 1 N–H and O–H groups in total. The Morgan fingerprint density at radius 2 is 1.36 bits per heavy atom. The molecule has 1 rings (SSSR count). The summed E-state index contributed by atoms with van der Waals surface area (Å²) in [4.78, 5) is 0. The molecule has 1 nitrogen and oxygen atoms in total. The van der Waals surface area contributed by atoms with Gasteiger partial charge in [-0.15, -0.1) is 0 Å². The second-order valence-electron chi connectivity index (χ2n) is 5.20. The van der Waals surface area contributed by atoms with Gasteiger partial charge in [0.15, 0.2) is 0 Å². The third-order valence-corrected chi connectivity index (χ3v) is 3.52. The van der Waals surface area contributed by atoms with Crippen LogP contribution in [0.3, 0.4) is 0 Å². The molecular weight excluding hydrogens is 134 g/mol. The fourth-order valence-corrected chi connectivity index (χ4v) is 1.95. The first-order chi connectivity index (χ1) is 4.80. The molecule has 0 bridgehead atoms. The monoisotopic (exact) mass is 155 g/mol. The highest BCUT2D eigenvalue weighted by atomic mass is 15.1. The second-order valence-corrected chi connectivity index (χ2v) is 5.20. The Bertz CT molecular complexity index is 142. The van der Waals surface area contributed by atoms with Gasteiger partial charge in [0.25, 0.3) is 0 Å². The summed E-state index contributed by atoms with van der Waals surface area (Å²) in [5, 5.41) is 3.60. The third-order valence-electron chi connectivity index (χ3n) is 3.52. The molecule has 1 aliphatic carbocycles. The predicted molar refractivity (Wildman–Crippen MR) is 49.6 cm³/mol. The molecule has 0 spiro atoms. The van der Waals surface area contributed by atoms with Crippen LogP contribution in [0, 0.1) is 10.8 Å². The van der Waals surface area contributed by atoms with E-state index < -0.39 is 0 Å². The normalized spacial score (nSPS) is 27.5. The Labute approximate surface area is 70.6 Å². The highest BCUT2D eigenvalue weighted by molar-refractivity contribution is 5.17. The average Bonchev–Trinajstić information content (AvgIpc) is 2.11. The van der Waals surface area contributed by atoms with Gasteiger partial charge in [-0.1, -0.05) is 41.5 Å². The topological polar surface area (TPSA) is 12.0 Å². The molecule has 0 aliphatic heterocycles. The molecule has 0 unspecified atom stereocenters. The fourth-order valence-electron chi connectivity index (χ4n) is 1.95. The minimum atomic E-state index is 0.483. The van der Waals surface area contributed by atoms with Crippen molar-refractivity contribution in [1.29, 1.82) is 0 Å². The van der Waals surface area contributed by atoms with Crippen LogP contribution in [0.15, 0.2) is 0 Å². The van der Waals surface area contributed by atoms with Crippen molar-refractivity contribution >= 4 is 0 Å². The van der Waals surface area contributed by atoms with Gasteiger partial charge in [-0.2, -0.15) is 0 Å². The van der Waals surface area contributed by atoms with Crippen molar-refractivity contribution in [3.8, 4) is 0 Å². The van der Waals surface area contributed by atoms with Crippen LogP contribution in [0.5, 0.6) is 0 Å². The minimum Gasteiger partial charge on any atom is -0.311 e. The van der Waals surface area contributed by atoms with E-state index in [1.165, 1.54) is 0 Å². The van der Waals surface area contributed by atoms with Gasteiger partial charge >= 0.3 is 0 Å². The lowest BCUT2D eigenvalue weighted by atomic mass is 10.0. The summed E-state index contributed by atoms with van der Waals surface area (Å²) in [5.74, 6) is 0. The highest BCUT2D eigenvalue weighted by Gasteiger charge is 2.64. The summed E-state index contributed by atoms with van der Waals surface area (Å²) in [7, 11) is 0. The lowest BCUT2D eigenvalue weighted by Crippen LogP contribution is -2.29. The molecule has 0 amide bonds. The standard InChI is InChI=1S/C10H21N/c1-7(2)11-8-9(3,4)10(8,5)6/h7-8,11H,1-6H3. The van der Waals surface area contributed by atoms with Gasteiger partial charge in [-0.3, -0.25) is 0 Å². The molecule has 0 radical (unpaired) electrons. The maximum atomic E-state index is 3.60. The zero-order valence-electron chi connectivity index (χ0n) is 8.65. The summed E-state index contributed by atoms with van der Waals surface area (Å²) in [6, 6.07) is 1.32. The van der Waals surface area contributed by atoms with Crippen LogP contribution in [0.4, 0.5) is 0 Å². The number of hydrogen-bond donors (Lipinski definition) is 1. The van der Waals surface area contributed by atoms with Crippen LogP contribution in [0.1, 0.15) is 41.5 Å². The maximum Gasteiger partial charge on any atom is 0.0183 e. The van der Waals surface area contributed by atoms with Crippen LogP contribution in [-0.2, 0) is 0 Å². The van der Waals surface area contributed by atoms with E-state index in [2.05, 4.69) is 46.9 Å². The molecule has 1 aliphatic rings. The molecule has 66 valence electrons. The van der Waals surface area contributed by atoms with Gasteiger partial charge in [0.2, 0.25) is 0 Å². The van der Waals surface area contributed by atoms with Crippen LogP contribution >= 0.6 is 0 Å². The SMILES string of the molecule is CC(C)NC1C(C)(C)C1(C)C. The molecule has 0 saturated heterocycles. The summed E-state index contributed by atoms with van der Waals surface area (Å²) < 4.78 is 0. The first-order valence-corrected chi connectivity index (χ1v) is 4.56. The Balaban J connectivity index is 2.54. The van der Waals surface area contributed by atoms with E-state index in [1.807, 2.05) is 0 Å². The lowest BCUT2D eigenvalue weighted by Gasteiger charge is -2.09. The van der Waals surface area contributed by atoms with Crippen molar-refractivity contribution in [2.75, 3.05) is 0 Å². The number of hydrogen-bond acceptors (Lipinski definition) is 1. The van der Waals surface area contributed by atoms with Crippen LogP contribution in [-0.4, -0.2) is 12.1 Å². The molecule has 0 aromatic rings. The van der Waals surface area contributed by atoms with Gasteiger partial charge in [0, 0.05) is 12.1 Å². The Kier molecular flexibility index (Phi) is 1.83. The van der Waals surface area contributed by atoms with Crippen LogP contribution in [0.25, 0.3) is 0 Å². The molecule has 1 saturated carbocycles. The second kappa shape index (κ2) is 2.22. The quantitative estimate of drug-likeness (QED) is 0.645. The molecule has 0 heterocycles. The van der Waals surface area contributed by atoms with E-state index >= 15 is 0 Å². The van der Waals surface area contributed by atoms with E-state index in [-0.39, 0.29) is 0 Å². The van der Waals surface area contributed by atoms with Crippen molar-refractivity contribution in [3.63, 3.8) is 0 Å². The van der Waals surface area contributed by atoms with Crippen molar-refractivity contribution in [2.45, 2.75) is 53.6 Å². The van der Waals surface area contributed by atoms with Gasteiger partial charge in [-0.05, 0) is 10.8 Å². The average molecular weight is 155 g/mol. The molecule has 1 heteroatoms. The third kappa shape index (κ3) is 1.20. The smallest absolute Gasteiger partial charge is 0.0183 e. The summed E-state index contributed by atoms with van der Waals surface area (Å²) in [6.07, 6.45) is 0. The van der Waals surface area contributed by atoms with Gasteiger partial charge in [-0.25, -0.2) is 0 Å². The molecule has 0 aromatic carbocycles. The van der Waals surface area contributed by atoms with E-state index in [9.17, 15) is 0 Å². The van der Waals surface area contributed by atoms with Crippen LogP contribution in [0.2, 0.25) is 0 Å². The highest BCUT2D eigenvalue weighted by Crippen LogP contribution is 2.62. The molecule has 11 heavy (non-hydrogen) atoms. The first-order valence-electron chi connectivity index (χ1n) is 4.56. The largest absolute Gasteiger partial charge is 0.311 e. The van der Waals surface area contributed by atoms with Crippen molar-refractivity contribution in [3.05, 3.63) is 0 Å². The van der Waals surface area contributed by atoms with E-state index in [1.54, 1.807) is 0 Å². The van der Waals surface area contributed by atoms with E-state index in [0.717, 1.165) is 0 Å².